The molecule has 2 atom stereocenters. The summed E-state index contributed by atoms with van der Waals surface area (Å²) in [5.41, 5.74) is 8.28. The van der Waals surface area contributed by atoms with Gasteiger partial charge in [-0.2, -0.15) is 0 Å². The quantitative estimate of drug-likeness (QED) is 0.190. The number of nitrogens with one attached hydrogen (secondary N) is 1. The third-order valence-electron chi connectivity index (χ3n) is 6.79. The fraction of sp³-hybridized carbons (Fsp3) is 0.485. The molecule has 0 spiro atoms. The van der Waals surface area contributed by atoms with Crippen molar-refractivity contribution in [2.45, 2.75) is 79.0 Å². The number of benzene rings is 2. The maximum atomic E-state index is 13.9. The van der Waals surface area contributed by atoms with Crippen molar-refractivity contribution in [3.8, 4) is 0 Å². The molecular weight excluding hydrogens is 570 g/mol. The molecule has 0 radical (unpaired) electrons. The van der Waals surface area contributed by atoms with E-state index >= 15 is 0 Å². The maximum absolute atomic E-state index is 13.9. The highest BCUT2D eigenvalue weighted by atomic mass is 32.1. The van der Waals surface area contributed by atoms with E-state index in [1.165, 1.54) is 12.1 Å². The molecule has 3 N–H and O–H groups in total. The Hall–Kier alpha value is -3.21. The average molecular weight is 615 g/mol. The Labute approximate surface area is 257 Å². The lowest BCUT2D eigenvalue weighted by Gasteiger charge is -2.25. The van der Waals surface area contributed by atoms with E-state index in [4.69, 9.17) is 10.5 Å². The van der Waals surface area contributed by atoms with Crippen LogP contribution in [0.15, 0.2) is 42.6 Å². The molecule has 0 saturated carbocycles. The van der Waals surface area contributed by atoms with Gasteiger partial charge in [0.25, 0.3) is 5.91 Å². The van der Waals surface area contributed by atoms with Crippen molar-refractivity contribution in [1.82, 2.24) is 15.2 Å². The SMILES string of the molecule is CCCN(CCC)C(=O)c1cc(C)cc(C(=O)O[C@H](CNCc2cnc(CC(C)C)s2)[C@@H](N)Cc2cc(F)cc(F)c2)c1. The van der Waals surface area contributed by atoms with Crippen LogP contribution in [0.3, 0.4) is 0 Å². The first-order valence-corrected chi connectivity index (χ1v) is 15.8. The number of carbonyl (C=O) groups is 2. The predicted octanol–water partition coefficient (Wildman–Crippen LogP) is 6.08. The summed E-state index contributed by atoms with van der Waals surface area (Å²) in [5.74, 6) is -1.66. The lowest BCUT2D eigenvalue weighted by Crippen LogP contribution is -2.46. The van der Waals surface area contributed by atoms with Crippen molar-refractivity contribution in [2.24, 2.45) is 11.7 Å². The third-order valence-corrected chi connectivity index (χ3v) is 7.81. The summed E-state index contributed by atoms with van der Waals surface area (Å²) in [7, 11) is 0. The molecule has 1 heterocycles. The van der Waals surface area contributed by atoms with E-state index in [1.807, 2.05) is 27.0 Å². The summed E-state index contributed by atoms with van der Waals surface area (Å²) in [4.78, 5) is 34.0. The van der Waals surface area contributed by atoms with Gasteiger partial charge in [-0.15, -0.1) is 11.3 Å². The van der Waals surface area contributed by atoms with Crippen molar-refractivity contribution < 1.29 is 23.1 Å². The average Bonchev–Trinajstić information content (AvgIpc) is 3.37. The molecule has 1 aromatic heterocycles. The zero-order chi connectivity index (χ0) is 31.5. The summed E-state index contributed by atoms with van der Waals surface area (Å²) < 4.78 is 33.6. The van der Waals surface area contributed by atoms with E-state index in [9.17, 15) is 18.4 Å². The number of ether oxygens (including phenoxy) is 1. The van der Waals surface area contributed by atoms with Gasteiger partial charge in [-0.3, -0.25) is 4.79 Å². The Morgan fingerprint density at radius 2 is 1.65 bits per heavy atom. The van der Waals surface area contributed by atoms with E-state index in [0.717, 1.165) is 40.8 Å². The first kappa shape index (κ1) is 34.3. The molecule has 3 rings (SSSR count). The van der Waals surface area contributed by atoms with Gasteiger partial charge in [0, 0.05) is 61.3 Å². The molecule has 1 amide bonds. The lowest BCUT2D eigenvalue weighted by molar-refractivity contribution is 0.0238. The van der Waals surface area contributed by atoms with Gasteiger partial charge in [0.05, 0.1) is 10.6 Å². The van der Waals surface area contributed by atoms with Gasteiger partial charge < -0.3 is 20.7 Å². The molecule has 0 bridgehead atoms. The summed E-state index contributed by atoms with van der Waals surface area (Å²) in [5, 5.41) is 4.36. The van der Waals surface area contributed by atoms with Gasteiger partial charge in [0.15, 0.2) is 0 Å². The van der Waals surface area contributed by atoms with Crippen molar-refractivity contribution in [2.75, 3.05) is 19.6 Å². The zero-order valence-electron chi connectivity index (χ0n) is 25.8. The second-order valence-electron chi connectivity index (χ2n) is 11.4. The van der Waals surface area contributed by atoms with Crippen LogP contribution < -0.4 is 11.1 Å². The molecule has 0 unspecified atom stereocenters. The van der Waals surface area contributed by atoms with Gasteiger partial charge in [0.1, 0.15) is 17.7 Å². The van der Waals surface area contributed by atoms with Crippen LogP contribution in [0.25, 0.3) is 0 Å². The molecule has 234 valence electrons. The Morgan fingerprint density at radius 3 is 2.28 bits per heavy atom. The Morgan fingerprint density at radius 1 is 1.00 bits per heavy atom. The molecular formula is C33H44F2N4O3S. The number of amides is 1. The minimum atomic E-state index is -0.821. The second kappa shape index (κ2) is 16.6. The van der Waals surface area contributed by atoms with Gasteiger partial charge in [-0.05, 0) is 73.6 Å². The van der Waals surface area contributed by atoms with Crippen LogP contribution in [0.1, 0.15) is 82.3 Å². The predicted molar refractivity (Wildman–Crippen MR) is 167 cm³/mol. The van der Waals surface area contributed by atoms with Crippen LogP contribution in [-0.2, 0) is 24.1 Å². The summed E-state index contributed by atoms with van der Waals surface area (Å²) in [6.45, 7) is 12.1. The van der Waals surface area contributed by atoms with E-state index in [1.54, 1.807) is 34.4 Å². The number of thiazole rings is 1. The molecule has 0 saturated heterocycles. The summed E-state index contributed by atoms with van der Waals surface area (Å²) in [6, 6.07) is 7.49. The highest BCUT2D eigenvalue weighted by Crippen LogP contribution is 2.19. The molecule has 3 aromatic rings. The summed E-state index contributed by atoms with van der Waals surface area (Å²) in [6.07, 6.45) is 3.66. The van der Waals surface area contributed by atoms with Crippen molar-refractivity contribution in [3.63, 3.8) is 0 Å². The van der Waals surface area contributed by atoms with E-state index < -0.39 is 29.7 Å². The maximum Gasteiger partial charge on any atom is 0.338 e. The first-order valence-electron chi connectivity index (χ1n) is 15.0. The number of nitrogens with zero attached hydrogens (tertiary/aromatic N) is 2. The molecule has 0 aliphatic carbocycles. The standard InChI is InChI=1S/C33H44F2N4O3S/c1-6-8-39(9-7-2)32(40)24-11-22(5)12-25(16-24)33(41)42-30(29(36)15-23-13-26(34)17-27(35)14-23)20-37-18-28-19-38-31(43-28)10-21(3)4/h11-14,16-17,19,21,29-30,37H,6-10,15,18,20,36H2,1-5H3/t29-,30+/m0/s1. The number of halogens is 2. The molecule has 0 aliphatic rings. The van der Waals surface area contributed by atoms with E-state index in [0.29, 0.717) is 36.7 Å². The van der Waals surface area contributed by atoms with Gasteiger partial charge in [-0.1, -0.05) is 27.7 Å². The summed E-state index contributed by atoms with van der Waals surface area (Å²) >= 11 is 1.62. The minimum absolute atomic E-state index is 0.0912. The highest BCUT2D eigenvalue weighted by molar-refractivity contribution is 7.11. The van der Waals surface area contributed by atoms with Crippen molar-refractivity contribution >= 4 is 23.2 Å². The number of hydrogen-bond donors (Lipinski definition) is 2. The number of rotatable bonds is 16. The van der Waals surface area contributed by atoms with E-state index in [-0.39, 0.29) is 24.4 Å². The molecule has 2 aromatic carbocycles. The zero-order valence-corrected chi connectivity index (χ0v) is 26.6. The molecule has 10 heteroatoms. The smallest absolute Gasteiger partial charge is 0.338 e. The van der Waals surface area contributed by atoms with E-state index in [2.05, 4.69) is 24.1 Å². The monoisotopic (exact) mass is 614 g/mol. The minimum Gasteiger partial charge on any atom is -0.456 e. The van der Waals surface area contributed by atoms with Gasteiger partial charge in [0.2, 0.25) is 0 Å². The lowest BCUT2D eigenvalue weighted by atomic mass is 10.0. The number of esters is 1. The Balaban J connectivity index is 1.79. The highest BCUT2D eigenvalue weighted by Gasteiger charge is 2.25. The number of nitrogens with two attached hydrogens (primary N) is 1. The Kier molecular flexibility index (Phi) is 13.2. The molecule has 0 fully saturated rings. The topological polar surface area (TPSA) is 97.5 Å². The van der Waals surface area contributed by atoms with Crippen LogP contribution in [0.5, 0.6) is 0 Å². The fourth-order valence-corrected chi connectivity index (χ4v) is 6.00. The number of aryl methyl sites for hydroxylation is 1. The van der Waals surface area contributed by atoms with Crippen molar-refractivity contribution in [1.29, 1.82) is 0 Å². The Bertz CT molecular complexity index is 1340. The number of aromatic nitrogens is 1. The number of carbonyl (C=O) groups excluding carboxylic acids is 2. The van der Waals surface area contributed by atoms with Crippen LogP contribution in [0.4, 0.5) is 8.78 Å². The van der Waals surface area contributed by atoms with Crippen LogP contribution in [-0.4, -0.2) is 53.5 Å². The normalized spacial score (nSPS) is 12.8. The largest absolute Gasteiger partial charge is 0.456 e. The van der Waals surface area contributed by atoms with Crippen LogP contribution in [0, 0.1) is 24.5 Å². The van der Waals surface area contributed by atoms with Crippen LogP contribution in [0.2, 0.25) is 0 Å². The number of hydrogen-bond acceptors (Lipinski definition) is 7. The van der Waals surface area contributed by atoms with Crippen LogP contribution >= 0.6 is 11.3 Å². The van der Waals surface area contributed by atoms with Gasteiger partial charge >= 0.3 is 5.97 Å². The van der Waals surface area contributed by atoms with Crippen molar-refractivity contribution in [3.05, 3.63) is 86.4 Å². The second-order valence-corrected chi connectivity index (χ2v) is 12.6. The third kappa shape index (κ3) is 10.8. The molecule has 0 aliphatic heterocycles. The molecule has 43 heavy (non-hydrogen) atoms. The molecule has 7 nitrogen and oxygen atoms in total. The van der Waals surface area contributed by atoms with Gasteiger partial charge in [-0.25, -0.2) is 18.6 Å². The first-order chi connectivity index (χ1) is 20.5. The fourth-order valence-electron chi connectivity index (χ4n) is 4.89.